The van der Waals surface area contributed by atoms with Gasteiger partial charge in [0.25, 0.3) is 0 Å². The van der Waals surface area contributed by atoms with E-state index >= 15 is 0 Å². The van der Waals surface area contributed by atoms with Crippen LogP contribution in [0, 0.1) is 0 Å². The summed E-state index contributed by atoms with van der Waals surface area (Å²) in [4.78, 5) is 7.43. The van der Waals surface area contributed by atoms with Crippen LogP contribution in [0.2, 0.25) is 0 Å². The molecule has 9 nitrogen and oxygen atoms in total. The van der Waals surface area contributed by atoms with Gasteiger partial charge in [-0.3, -0.25) is 0 Å². The van der Waals surface area contributed by atoms with Crippen LogP contribution >= 0.6 is 23.7 Å². The van der Waals surface area contributed by atoms with Crippen LogP contribution in [-0.2, 0) is 27.1 Å². The summed E-state index contributed by atoms with van der Waals surface area (Å²) >= 11 is 0. The average molecular weight is 662 g/mol. The SMILES string of the molecule is CCCCCOP1(OCCCCC)=N[PH](OCCCCC)(OCCCCC)N[PH](OCCCCC)(OCCCCC)N1. The molecule has 0 saturated heterocycles. The summed E-state index contributed by atoms with van der Waals surface area (Å²) in [7, 11) is -9.71. The summed E-state index contributed by atoms with van der Waals surface area (Å²) in [6, 6.07) is 0. The van der Waals surface area contributed by atoms with Crippen LogP contribution in [0.1, 0.15) is 157 Å². The monoisotopic (exact) mass is 661 g/mol. The third kappa shape index (κ3) is 17.5. The number of hydrogen-bond donors (Lipinski definition) is 2. The normalized spacial score (nSPS) is 18.9. The molecule has 0 aromatic rings. The van der Waals surface area contributed by atoms with Crippen molar-refractivity contribution in [3.8, 4) is 0 Å². The van der Waals surface area contributed by atoms with Crippen molar-refractivity contribution in [2.24, 2.45) is 4.52 Å². The molecule has 0 atom stereocenters. The van der Waals surface area contributed by atoms with E-state index in [4.69, 9.17) is 31.7 Å². The number of unbranched alkanes of at least 4 members (excludes halogenated alkanes) is 12. The standard InChI is InChI=1S/C30H70N3O6P3/c1-7-13-19-25-34-40(35-26-20-14-8-2)31-41(36-27-21-15-9-3,37-28-22-16-10-4)33-42(32-40,38-29-23-17-11-5)39-30-24-18-12-6/h31-32,40-41H,7-30H2,1-6H3. The Morgan fingerprint density at radius 1 is 0.452 bits per heavy atom. The maximum absolute atomic E-state index is 6.75. The summed E-state index contributed by atoms with van der Waals surface area (Å²) in [5.74, 6) is 0. The Morgan fingerprint density at radius 3 is 1.14 bits per heavy atom. The fourth-order valence-corrected chi connectivity index (χ4v) is 16.9. The van der Waals surface area contributed by atoms with Gasteiger partial charge in [0.05, 0.1) is 0 Å². The van der Waals surface area contributed by atoms with Crippen LogP contribution < -0.4 is 9.72 Å². The van der Waals surface area contributed by atoms with E-state index < -0.39 is 23.7 Å². The topological polar surface area (TPSA) is 91.8 Å². The molecule has 42 heavy (non-hydrogen) atoms. The predicted octanol–water partition coefficient (Wildman–Crippen LogP) is 11.2. The molecule has 1 aliphatic rings. The summed E-state index contributed by atoms with van der Waals surface area (Å²) < 4.78 is 45.7. The van der Waals surface area contributed by atoms with Crippen molar-refractivity contribution >= 4 is 23.7 Å². The first-order valence-electron chi connectivity index (χ1n) is 17.6. The van der Waals surface area contributed by atoms with Crippen molar-refractivity contribution < 1.29 is 27.1 Å². The van der Waals surface area contributed by atoms with Gasteiger partial charge in [-0.1, -0.05) is 0 Å². The van der Waals surface area contributed by atoms with E-state index in [1.165, 1.54) is 0 Å². The molecule has 0 aliphatic carbocycles. The Balaban J connectivity index is 3.56. The van der Waals surface area contributed by atoms with Crippen LogP contribution in [0.25, 0.3) is 0 Å². The summed E-state index contributed by atoms with van der Waals surface area (Å²) in [6.07, 6.45) is 19.1. The van der Waals surface area contributed by atoms with Gasteiger partial charge in [-0.2, -0.15) is 0 Å². The number of nitrogens with one attached hydrogen (secondary N) is 2. The van der Waals surface area contributed by atoms with Gasteiger partial charge in [0, 0.05) is 0 Å². The fourth-order valence-electron chi connectivity index (χ4n) is 4.50. The van der Waals surface area contributed by atoms with Gasteiger partial charge in [0.15, 0.2) is 0 Å². The molecular formula is C30H70N3O6P3. The zero-order chi connectivity index (χ0) is 30.8. The van der Waals surface area contributed by atoms with Gasteiger partial charge in [-0.15, -0.1) is 0 Å². The molecule has 0 saturated carbocycles. The van der Waals surface area contributed by atoms with E-state index in [9.17, 15) is 0 Å². The molecule has 0 spiro atoms. The van der Waals surface area contributed by atoms with E-state index in [-0.39, 0.29) is 0 Å². The molecular weight excluding hydrogens is 591 g/mol. The van der Waals surface area contributed by atoms with Crippen LogP contribution in [0.5, 0.6) is 0 Å². The minimum absolute atomic E-state index is 0.568. The molecule has 0 bridgehead atoms. The quantitative estimate of drug-likeness (QED) is 0.0580. The van der Waals surface area contributed by atoms with E-state index in [0.29, 0.717) is 39.6 Å². The van der Waals surface area contributed by atoms with Gasteiger partial charge < -0.3 is 0 Å². The zero-order valence-electron chi connectivity index (χ0n) is 28.3. The Kier molecular flexibility index (Phi) is 25.2. The van der Waals surface area contributed by atoms with Crippen LogP contribution in [-0.4, -0.2) is 39.6 Å². The van der Waals surface area contributed by atoms with Crippen LogP contribution in [0.3, 0.4) is 0 Å². The Bertz CT molecular complexity index is 653. The molecule has 0 amide bonds. The molecule has 12 heteroatoms. The van der Waals surface area contributed by atoms with Gasteiger partial charge >= 0.3 is 262 Å². The molecule has 0 radical (unpaired) electrons. The van der Waals surface area contributed by atoms with Crippen molar-refractivity contribution in [3.63, 3.8) is 0 Å². The number of hydrogen-bond acceptors (Lipinski definition) is 9. The van der Waals surface area contributed by atoms with E-state index in [1.807, 2.05) is 0 Å². The fraction of sp³-hybridized carbons (Fsp3) is 1.00. The Hall–Kier alpha value is 0.770. The van der Waals surface area contributed by atoms with Crippen LogP contribution in [0.4, 0.5) is 0 Å². The van der Waals surface area contributed by atoms with E-state index in [0.717, 1.165) is 116 Å². The predicted molar refractivity (Wildman–Crippen MR) is 185 cm³/mol. The van der Waals surface area contributed by atoms with Gasteiger partial charge in [0.1, 0.15) is 0 Å². The Morgan fingerprint density at radius 2 is 0.786 bits per heavy atom. The third-order valence-corrected chi connectivity index (χ3v) is 17.6. The summed E-state index contributed by atoms with van der Waals surface area (Å²) in [5.41, 5.74) is 0. The van der Waals surface area contributed by atoms with E-state index in [1.54, 1.807) is 0 Å². The van der Waals surface area contributed by atoms with Crippen molar-refractivity contribution in [2.75, 3.05) is 39.6 Å². The van der Waals surface area contributed by atoms with Crippen LogP contribution in [0.15, 0.2) is 4.52 Å². The molecule has 0 aromatic heterocycles. The molecule has 0 aromatic carbocycles. The number of rotatable bonds is 30. The summed E-state index contributed by atoms with van der Waals surface area (Å²) in [6.45, 7) is 16.7. The van der Waals surface area contributed by atoms with Crippen molar-refractivity contribution in [2.45, 2.75) is 157 Å². The first kappa shape index (κ1) is 40.8. The first-order chi connectivity index (χ1) is 20.5. The second kappa shape index (κ2) is 25.9. The van der Waals surface area contributed by atoms with E-state index in [2.05, 4.69) is 51.3 Å². The number of nitrogens with zero attached hydrogens (tertiary/aromatic N) is 1. The Labute approximate surface area is 261 Å². The van der Waals surface area contributed by atoms with Crippen molar-refractivity contribution in [1.29, 1.82) is 0 Å². The molecule has 1 heterocycles. The molecule has 1 rings (SSSR count). The van der Waals surface area contributed by atoms with Crippen molar-refractivity contribution in [3.05, 3.63) is 0 Å². The maximum atomic E-state index is 6.75. The summed E-state index contributed by atoms with van der Waals surface area (Å²) in [5, 5.41) is 0. The second-order valence-electron chi connectivity index (χ2n) is 11.4. The average Bonchev–Trinajstić information content (AvgIpc) is 2.99. The molecule has 1 aliphatic heterocycles. The third-order valence-electron chi connectivity index (χ3n) is 7.10. The second-order valence-corrected chi connectivity index (χ2v) is 19.2. The molecule has 2 N–H and O–H groups in total. The van der Waals surface area contributed by atoms with Crippen molar-refractivity contribution in [1.82, 2.24) is 9.72 Å². The van der Waals surface area contributed by atoms with Gasteiger partial charge in [-0.05, 0) is 0 Å². The molecule has 0 unspecified atom stereocenters. The molecule has 256 valence electrons. The zero-order valence-corrected chi connectivity index (χ0v) is 31.2. The first-order valence-corrected chi connectivity index (χ1v) is 22.7. The minimum atomic E-state index is -3.40. The van der Waals surface area contributed by atoms with Gasteiger partial charge in [0.2, 0.25) is 0 Å². The van der Waals surface area contributed by atoms with Gasteiger partial charge in [-0.25, -0.2) is 0 Å². The molecule has 0 fully saturated rings.